The molecule has 18 heavy (non-hydrogen) atoms. The summed E-state index contributed by atoms with van der Waals surface area (Å²) < 4.78 is 0. The molecule has 0 aliphatic carbocycles. The fourth-order valence-electron chi connectivity index (χ4n) is 1.39. The summed E-state index contributed by atoms with van der Waals surface area (Å²) in [5, 5.41) is 20.6. The van der Waals surface area contributed by atoms with Crippen LogP contribution in [0.2, 0.25) is 0 Å². The van der Waals surface area contributed by atoms with Crippen molar-refractivity contribution in [3.05, 3.63) is 47.9 Å². The molecule has 0 bridgehead atoms. The minimum absolute atomic E-state index is 0.0918. The van der Waals surface area contributed by atoms with Crippen LogP contribution in [0.1, 0.15) is 16.1 Å². The summed E-state index contributed by atoms with van der Waals surface area (Å²) in [4.78, 5) is 18.8. The molecule has 0 aliphatic rings. The number of hydrogen-bond donors (Lipinski definition) is 2. The van der Waals surface area contributed by atoms with Crippen molar-refractivity contribution >= 4 is 17.5 Å². The quantitative estimate of drug-likeness (QED) is 0.848. The molecule has 0 aromatic carbocycles. The molecular weight excluding hydrogens is 232 g/mol. The minimum atomic E-state index is -1.06. The monoisotopic (exact) mass is 240 g/mol. The van der Waals surface area contributed by atoms with E-state index in [1.165, 1.54) is 18.5 Å². The van der Waals surface area contributed by atoms with Gasteiger partial charge in [0.2, 0.25) is 0 Å². The highest BCUT2D eigenvalue weighted by atomic mass is 16.4. The summed E-state index contributed by atoms with van der Waals surface area (Å²) >= 11 is 0. The van der Waals surface area contributed by atoms with E-state index < -0.39 is 5.97 Å². The highest BCUT2D eigenvalue weighted by Crippen LogP contribution is 2.18. The standard InChI is InChI=1S/C12H8N4O2/c13-6-8-2-1-3-11(15-8)16-10-7-14-5-4-9(10)12(17)18/h1-5,7H,(H,15,16)(H,17,18). The number of nitrogens with one attached hydrogen (secondary N) is 1. The first-order valence-corrected chi connectivity index (χ1v) is 5.02. The minimum Gasteiger partial charge on any atom is -0.478 e. The first kappa shape index (κ1) is 11.5. The van der Waals surface area contributed by atoms with Gasteiger partial charge in [0.25, 0.3) is 0 Å². The van der Waals surface area contributed by atoms with Crippen LogP contribution in [-0.4, -0.2) is 21.0 Å². The van der Waals surface area contributed by atoms with Gasteiger partial charge in [-0.1, -0.05) is 6.07 Å². The summed E-state index contributed by atoms with van der Waals surface area (Å²) in [6, 6.07) is 8.15. The van der Waals surface area contributed by atoms with Crippen molar-refractivity contribution in [3.8, 4) is 6.07 Å². The molecule has 0 saturated carbocycles. The van der Waals surface area contributed by atoms with Crippen LogP contribution < -0.4 is 5.32 Å². The summed E-state index contributed by atoms with van der Waals surface area (Å²) in [5.74, 6) is -0.666. The third-order valence-electron chi connectivity index (χ3n) is 2.18. The molecule has 2 aromatic rings. The van der Waals surface area contributed by atoms with Gasteiger partial charge in [-0.25, -0.2) is 9.78 Å². The van der Waals surface area contributed by atoms with Gasteiger partial charge in [0.1, 0.15) is 17.6 Å². The molecule has 0 saturated heterocycles. The summed E-state index contributed by atoms with van der Waals surface area (Å²) in [6.07, 6.45) is 2.79. The SMILES string of the molecule is N#Cc1cccc(Nc2cnccc2C(=O)O)n1. The maximum Gasteiger partial charge on any atom is 0.337 e. The second-order valence-corrected chi connectivity index (χ2v) is 3.37. The Labute approximate surface area is 103 Å². The number of nitriles is 1. The lowest BCUT2D eigenvalue weighted by Gasteiger charge is -2.07. The van der Waals surface area contributed by atoms with Crippen molar-refractivity contribution in [1.82, 2.24) is 9.97 Å². The number of pyridine rings is 2. The van der Waals surface area contributed by atoms with Crippen LogP contribution in [0.25, 0.3) is 0 Å². The van der Waals surface area contributed by atoms with E-state index in [0.717, 1.165) is 0 Å². The van der Waals surface area contributed by atoms with Crippen LogP contribution in [0.5, 0.6) is 0 Å². The molecule has 2 N–H and O–H groups in total. The fourth-order valence-corrected chi connectivity index (χ4v) is 1.39. The van der Waals surface area contributed by atoms with E-state index in [0.29, 0.717) is 11.5 Å². The Balaban J connectivity index is 2.34. The number of carboxylic acids is 1. The van der Waals surface area contributed by atoms with Crippen molar-refractivity contribution < 1.29 is 9.90 Å². The molecule has 0 atom stereocenters. The Hall–Kier alpha value is -2.94. The van der Waals surface area contributed by atoms with Gasteiger partial charge in [-0.3, -0.25) is 4.98 Å². The number of aromatic nitrogens is 2. The molecule has 6 nitrogen and oxygen atoms in total. The molecule has 0 amide bonds. The number of anilines is 2. The maximum atomic E-state index is 11.0. The average molecular weight is 240 g/mol. The van der Waals surface area contributed by atoms with Crippen molar-refractivity contribution in [1.29, 1.82) is 5.26 Å². The maximum absolute atomic E-state index is 11.0. The molecule has 88 valence electrons. The van der Waals surface area contributed by atoms with E-state index in [9.17, 15) is 4.79 Å². The molecule has 0 radical (unpaired) electrons. The lowest BCUT2D eigenvalue weighted by Crippen LogP contribution is -2.04. The van der Waals surface area contributed by atoms with E-state index in [1.807, 2.05) is 6.07 Å². The summed E-state index contributed by atoms with van der Waals surface area (Å²) in [5.41, 5.74) is 0.669. The lowest BCUT2D eigenvalue weighted by atomic mass is 10.2. The van der Waals surface area contributed by atoms with Gasteiger partial charge in [-0.2, -0.15) is 5.26 Å². The van der Waals surface area contributed by atoms with Crippen molar-refractivity contribution in [2.45, 2.75) is 0 Å². The third-order valence-corrected chi connectivity index (χ3v) is 2.18. The van der Waals surface area contributed by atoms with Crippen LogP contribution >= 0.6 is 0 Å². The highest BCUT2D eigenvalue weighted by Gasteiger charge is 2.10. The van der Waals surface area contributed by atoms with E-state index in [4.69, 9.17) is 10.4 Å². The number of carboxylic acid groups (broad SMARTS) is 1. The van der Waals surface area contributed by atoms with Crippen molar-refractivity contribution in [2.75, 3.05) is 5.32 Å². The van der Waals surface area contributed by atoms with Gasteiger partial charge in [0.15, 0.2) is 0 Å². The van der Waals surface area contributed by atoms with Gasteiger partial charge >= 0.3 is 5.97 Å². The Morgan fingerprint density at radius 1 is 1.39 bits per heavy atom. The average Bonchev–Trinajstić information content (AvgIpc) is 2.39. The number of aromatic carboxylic acids is 1. The summed E-state index contributed by atoms with van der Waals surface area (Å²) in [7, 11) is 0. The number of rotatable bonds is 3. The molecule has 0 unspecified atom stereocenters. The predicted molar refractivity (Wildman–Crippen MR) is 63.4 cm³/mol. The normalized spacial score (nSPS) is 9.50. The molecule has 0 fully saturated rings. The van der Waals surface area contributed by atoms with Gasteiger partial charge < -0.3 is 10.4 Å². The van der Waals surface area contributed by atoms with Gasteiger partial charge in [0.05, 0.1) is 17.4 Å². The molecule has 2 rings (SSSR count). The zero-order chi connectivity index (χ0) is 13.0. The van der Waals surface area contributed by atoms with Crippen LogP contribution in [0.3, 0.4) is 0 Å². The zero-order valence-electron chi connectivity index (χ0n) is 9.16. The molecule has 0 aliphatic heterocycles. The van der Waals surface area contributed by atoms with E-state index >= 15 is 0 Å². The molecular formula is C12H8N4O2. The Morgan fingerprint density at radius 2 is 2.22 bits per heavy atom. The van der Waals surface area contributed by atoms with Gasteiger partial charge in [-0.05, 0) is 18.2 Å². The second kappa shape index (κ2) is 4.93. The van der Waals surface area contributed by atoms with Crippen molar-refractivity contribution in [3.63, 3.8) is 0 Å². The van der Waals surface area contributed by atoms with Crippen LogP contribution in [0, 0.1) is 11.3 Å². The molecule has 2 heterocycles. The van der Waals surface area contributed by atoms with E-state index in [-0.39, 0.29) is 11.3 Å². The number of nitrogens with zero attached hydrogens (tertiary/aromatic N) is 3. The molecule has 6 heteroatoms. The zero-order valence-corrected chi connectivity index (χ0v) is 9.16. The third kappa shape index (κ3) is 2.41. The largest absolute Gasteiger partial charge is 0.478 e. The van der Waals surface area contributed by atoms with E-state index in [2.05, 4.69) is 15.3 Å². The smallest absolute Gasteiger partial charge is 0.337 e. The van der Waals surface area contributed by atoms with Crippen LogP contribution in [0.15, 0.2) is 36.7 Å². The second-order valence-electron chi connectivity index (χ2n) is 3.37. The first-order valence-electron chi connectivity index (χ1n) is 5.02. The van der Waals surface area contributed by atoms with Crippen molar-refractivity contribution in [2.24, 2.45) is 0 Å². The Morgan fingerprint density at radius 3 is 2.94 bits per heavy atom. The Kier molecular flexibility index (Phi) is 3.16. The van der Waals surface area contributed by atoms with E-state index in [1.54, 1.807) is 18.2 Å². The van der Waals surface area contributed by atoms with Gasteiger partial charge in [-0.15, -0.1) is 0 Å². The Bertz CT molecular complexity index is 634. The predicted octanol–water partition coefficient (Wildman–Crippen LogP) is 1.79. The fraction of sp³-hybridized carbons (Fsp3) is 0. The number of hydrogen-bond acceptors (Lipinski definition) is 5. The highest BCUT2D eigenvalue weighted by molar-refractivity contribution is 5.94. The molecule has 2 aromatic heterocycles. The summed E-state index contributed by atoms with van der Waals surface area (Å²) in [6.45, 7) is 0. The number of carbonyl (C=O) groups is 1. The van der Waals surface area contributed by atoms with Crippen LogP contribution in [0.4, 0.5) is 11.5 Å². The van der Waals surface area contributed by atoms with Gasteiger partial charge in [0, 0.05) is 6.20 Å². The lowest BCUT2D eigenvalue weighted by molar-refractivity contribution is 0.0698. The first-order chi connectivity index (χ1) is 8.70. The molecule has 0 spiro atoms. The van der Waals surface area contributed by atoms with Crippen LogP contribution in [-0.2, 0) is 0 Å². The topological polar surface area (TPSA) is 98.9 Å².